The van der Waals surface area contributed by atoms with Gasteiger partial charge in [0.15, 0.2) is 6.17 Å². The van der Waals surface area contributed by atoms with Gasteiger partial charge < -0.3 is 11.1 Å². The van der Waals surface area contributed by atoms with E-state index < -0.39 is 32.1 Å². The Bertz CT molecular complexity index is 940. The van der Waals surface area contributed by atoms with Gasteiger partial charge in [-0.1, -0.05) is 30.1 Å². The largest absolute Gasteiger partial charge is 0.352 e. The smallest absolute Gasteiger partial charge is 0.254 e. The van der Waals surface area contributed by atoms with Crippen molar-refractivity contribution in [2.45, 2.75) is 24.4 Å². The Labute approximate surface area is 174 Å². The van der Waals surface area contributed by atoms with Crippen LogP contribution in [0.4, 0.5) is 0 Å². The lowest BCUT2D eigenvalue weighted by Gasteiger charge is -2.28. The molecule has 1 saturated heterocycles. The lowest BCUT2D eigenvalue weighted by molar-refractivity contribution is -0.126. The first-order chi connectivity index (χ1) is 13.1. The molecule has 1 aliphatic heterocycles. The lowest BCUT2D eigenvalue weighted by Crippen LogP contribution is -2.54. The van der Waals surface area contributed by atoms with Gasteiger partial charge in [-0.25, -0.2) is 16.8 Å². The van der Waals surface area contributed by atoms with Gasteiger partial charge in [-0.15, -0.1) is 0 Å². The van der Waals surface area contributed by atoms with Gasteiger partial charge >= 0.3 is 0 Å². The fourth-order valence-electron chi connectivity index (χ4n) is 2.82. The molecule has 0 bridgehead atoms. The fraction of sp³-hybridized carbons (Fsp3) is 0.533. The highest BCUT2D eigenvalue weighted by Gasteiger charge is 2.48. The van der Waals surface area contributed by atoms with Gasteiger partial charge in [0.25, 0.3) is 5.91 Å². The van der Waals surface area contributed by atoms with Gasteiger partial charge in [0.1, 0.15) is 0 Å². The van der Waals surface area contributed by atoms with Crippen molar-refractivity contribution < 1.29 is 21.6 Å². The number of amides is 1. The summed E-state index contributed by atoms with van der Waals surface area (Å²) < 4.78 is 53.2. The van der Waals surface area contributed by atoms with Crippen molar-refractivity contribution in [3.8, 4) is 0 Å². The maximum atomic E-state index is 13.1. The van der Waals surface area contributed by atoms with E-state index in [0.717, 1.165) is 14.7 Å². The van der Waals surface area contributed by atoms with Crippen LogP contribution in [-0.4, -0.2) is 69.5 Å². The molecule has 158 valence electrons. The third-order valence-corrected chi connectivity index (χ3v) is 8.69. The summed E-state index contributed by atoms with van der Waals surface area (Å²) in [6.07, 6.45) is -1.21. The maximum absolute atomic E-state index is 13.1. The molecule has 13 heteroatoms. The molecule has 9 nitrogen and oxygen atoms in total. The minimum absolute atomic E-state index is 0.0292. The number of benzene rings is 1. The van der Waals surface area contributed by atoms with Crippen molar-refractivity contribution >= 4 is 49.2 Å². The molecule has 1 unspecified atom stereocenters. The molecule has 2 rings (SSSR count). The summed E-state index contributed by atoms with van der Waals surface area (Å²) in [5, 5.41) is 2.67. The Morgan fingerprint density at radius 3 is 2.39 bits per heavy atom. The average Bonchev–Trinajstić information content (AvgIpc) is 3.09. The summed E-state index contributed by atoms with van der Waals surface area (Å²) in [6.45, 7) is 1.58. The van der Waals surface area contributed by atoms with E-state index in [1.165, 1.54) is 12.1 Å². The summed E-state index contributed by atoms with van der Waals surface area (Å²) in [4.78, 5) is 12.5. The van der Waals surface area contributed by atoms with Crippen LogP contribution in [0.1, 0.15) is 13.3 Å². The predicted molar refractivity (Wildman–Crippen MR) is 107 cm³/mol. The molecule has 1 aromatic rings. The van der Waals surface area contributed by atoms with E-state index >= 15 is 0 Å². The van der Waals surface area contributed by atoms with Crippen LogP contribution in [0.25, 0.3) is 0 Å². The van der Waals surface area contributed by atoms with E-state index in [2.05, 4.69) is 5.32 Å². The second-order valence-corrected chi connectivity index (χ2v) is 10.8. The number of rotatable bonds is 8. The Kier molecular flexibility index (Phi) is 7.70. The molecule has 0 aliphatic carbocycles. The molecule has 1 aliphatic rings. The van der Waals surface area contributed by atoms with Crippen LogP contribution in [-0.2, 0) is 24.8 Å². The highest BCUT2D eigenvalue weighted by atomic mass is 35.5. The van der Waals surface area contributed by atoms with Crippen molar-refractivity contribution in [2.75, 3.05) is 31.9 Å². The van der Waals surface area contributed by atoms with Gasteiger partial charge in [-0.3, -0.25) is 4.79 Å². The molecular formula is C15H22Cl2N4O5S2. The van der Waals surface area contributed by atoms with Crippen LogP contribution in [0.5, 0.6) is 0 Å². The van der Waals surface area contributed by atoms with Crippen molar-refractivity contribution in [1.29, 1.82) is 0 Å². The molecule has 0 spiro atoms. The minimum Gasteiger partial charge on any atom is -0.352 e. The molecule has 3 N–H and O–H groups in total. The Morgan fingerprint density at radius 2 is 1.82 bits per heavy atom. The van der Waals surface area contributed by atoms with E-state index in [-0.39, 0.29) is 46.9 Å². The van der Waals surface area contributed by atoms with Crippen LogP contribution in [0.15, 0.2) is 23.1 Å². The lowest BCUT2D eigenvalue weighted by atomic mass is 10.4. The zero-order valence-electron chi connectivity index (χ0n) is 15.1. The normalized spacial score (nSPS) is 19.1. The van der Waals surface area contributed by atoms with Gasteiger partial charge in [-0.2, -0.15) is 8.61 Å². The van der Waals surface area contributed by atoms with E-state index in [1.807, 2.05) is 0 Å². The van der Waals surface area contributed by atoms with Gasteiger partial charge in [-0.05, 0) is 24.6 Å². The summed E-state index contributed by atoms with van der Waals surface area (Å²) in [6, 6.07) is 3.74. The minimum atomic E-state index is -4.21. The standard InChI is InChI=1S/C15H22Cl2N4O5S2/c1-2-9-27(23,24)20-7-8-21(15(20)14(22)19-6-5-18)28(25,26)11-3-4-12(16)13(17)10-11/h3-4,10,15H,2,5-9,18H2,1H3,(H,19,22). The molecule has 1 heterocycles. The first-order valence-electron chi connectivity index (χ1n) is 8.50. The summed E-state index contributed by atoms with van der Waals surface area (Å²) >= 11 is 11.8. The van der Waals surface area contributed by atoms with Crippen LogP contribution >= 0.6 is 23.2 Å². The van der Waals surface area contributed by atoms with E-state index in [9.17, 15) is 21.6 Å². The first-order valence-corrected chi connectivity index (χ1v) is 12.3. The number of halogens is 2. The monoisotopic (exact) mass is 472 g/mol. The number of hydrogen-bond acceptors (Lipinski definition) is 6. The number of nitrogens with one attached hydrogen (secondary N) is 1. The zero-order valence-corrected chi connectivity index (χ0v) is 18.3. The molecule has 0 aromatic heterocycles. The Balaban J connectivity index is 2.48. The van der Waals surface area contributed by atoms with E-state index in [1.54, 1.807) is 6.92 Å². The second-order valence-electron chi connectivity index (χ2n) is 6.07. The summed E-state index contributed by atoms with van der Waals surface area (Å²) in [5.41, 5.74) is 5.38. The van der Waals surface area contributed by atoms with Crippen molar-refractivity contribution in [3.63, 3.8) is 0 Å². The third-order valence-electron chi connectivity index (χ3n) is 4.08. The van der Waals surface area contributed by atoms with Crippen molar-refractivity contribution in [3.05, 3.63) is 28.2 Å². The number of nitrogens with two attached hydrogens (primary N) is 1. The van der Waals surface area contributed by atoms with E-state index in [0.29, 0.717) is 6.42 Å². The molecule has 1 atom stereocenters. The topological polar surface area (TPSA) is 130 Å². The van der Waals surface area contributed by atoms with Gasteiger partial charge in [0.2, 0.25) is 20.0 Å². The SMILES string of the molecule is CCCS(=O)(=O)N1CCN(S(=O)(=O)c2ccc(Cl)c(Cl)c2)C1C(=O)NCCN. The molecule has 28 heavy (non-hydrogen) atoms. The number of nitrogens with zero attached hydrogens (tertiary/aromatic N) is 2. The molecule has 1 fully saturated rings. The summed E-state index contributed by atoms with van der Waals surface area (Å²) in [7, 11) is -8.04. The molecular weight excluding hydrogens is 451 g/mol. The first kappa shape index (κ1) is 23.3. The van der Waals surface area contributed by atoms with Crippen molar-refractivity contribution in [2.24, 2.45) is 5.73 Å². The third kappa shape index (κ3) is 4.78. The summed E-state index contributed by atoms with van der Waals surface area (Å²) in [5.74, 6) is -0.958. The molecule has 0 saturated carbocycles. The highest BCUT2D eigenvalue weighted by molar-refractivity contribution is 7.90. The van der Waals surface area contributed by atoms with Crippen LogP contribution in [0, 0.1) is 0 Å². The van der Waals surface area contributed by atoms with Crippen LogP contribution < -0.4 is 11.1 Å². The quantitative estimate of drug-likeness (QED) is 0.564. The van der Waals surface area contributed by atoms with Gasteiger partial charge in [0.05, 0.1) is 20.7 Å². The van der Waals surface area contributed by atoms with Crippen molar-refractivity contribution in [1.82, 2.24) is 13.9 Å². The maximum Gasteiger partial charge on any atom is 0.254 e. The zero-order chi connectivity index (χ0) is 21.1. The number of carbonyl (C=O) groups is 1. The molecule has 1 aromatic carbocycles. The average molecular weight is 473 g/mol. The highest BCUT2D eigenvalue weighted by Crippen LogP contribution is 2.30. The molecule has 1 amide bonds. The predicted octanol–water partition coefficient (Wildman–Crippen LogP) is 0.441. The number of hydrogen-bond donors (Lipinski definition) is 2. The fourth-order valence-corrected chi connectivity index (χ4v) is 6.44. The molecule has 0 radical (unpaired) electrons. The number of carbonyl (C=O) groups excluding carboxylic acids is 1. The van der Waals surface area contributed by atoms with E-state index in [4.69, 9.17) is 28.9 Å². The Hall–Kier alpha value is -0.950. The van der Waals surface area contributed by atoms with Gasteiger partial charge in [0, 0.05) is 26.2 Å². The van der Waals surface area contributed by atoms with Crippen LogP contribution in [0.2, 0.25) is 10.0 Å². The second kappa shape index (κ2) is 9.24. The Morgan fingerprint density at radius 1 is 1.18 bits per heavy atom. The number of sulfonamides is 2. The van der Waals surface area contributed by atoms with Crippen LogP contribution in [0.3, 0.4) is 0 Å².